The van der Waals surface area contributed by atoms with Crippen molar-refractivity contribution in [3.05, 3.63) is 93.3 Å². The van der Waals surface area contributed by atoms with E-state index in [4.69, 9.17) is 14.2 Å². The van der Waals surface area contributed by atoms with Crippen molar-refractivity contribution in [2.75, 3.05) is 21.3 Å². The number of ether oxygens (including phenoxy) is 3. The van der Waals surface area contributed by atoms with Gasteiger partial charge in [0, 0.05) is 31.1 Å². The Balaban J connectivity index is 2.07. The summed E-state index contributed by atoms with van der Waals surface area (Å²) < 4.78 is 15.1. The van der Waals surface area contributed by atoms with E-state index in [1.165, 1.54) is 32.4 Å². The predicted molar refractivity (Wildman–Crippen MR) is 115 cm³/mol. The van der Waals surface area contributed by atoms with E-state index < -0.39 is 22.8 Å². The summed E-state index contributed by atoms with van der Waals surface area (Å²) in [7, 11) is 4.04. The molecule has 0 saturated heterocycles. The van der Waals surface area contributed by atoms with Crippen molar-refractivity contribution in [3.63, 3.8) is 0 Å². The van der Waals surface area contributed by atoms with Crippen molar-refractivity contribution in [2.24, 2.45) is 0 Å². The summed E-state index contributed by atoms with van der Waals surface area (Å²) in [6, 6.07) is 13.1. The molecule has 0 saturated carbocycles. The van der Waals surface area contributed by atoms with Gasteiger partial charge in [0.15, 0.2) is 0 Å². The van der Waals surface area contributed by atoms with Crippen LogP contribution in [-0.4, -0.2) is 43.1 Å². The van der Waals surface area contributed by atoms with Gasteiger partial charge in [0.25, 0.3) is 5.69 Å². The smallest absolute Gasteiger partial charge is 0.336 e. The molecule has 2 aromatic carbocycles. The molecule has 1 heterocycles. The van der Waals surface area contributed by atoms with E-state index in [0.29, 0.717) is 17.9 Å². The molecule has 0 amide bonds. The standard InChI is InChI=1S/C23H22N2O7/c1-30-18-9-7-15(8-10-18)12-24-13-19(22(26)31-2)21(20(14-24)23(27)32-3)16-5-4-6-17(11-16)25(28)29/h4-11,13-14,21H,12H2,1-3H3. The minimum Gasteiger partial charge on any atom is -0.497 e. The number of hydrogen-bond acceptors (Lipinski definition) is 8. The molecule has 0 radical (unpaired) electrons. The SMILES string of the molecule is COC(=O)C1=CN(Cc2ccc(OC)cc2)C=C(C(=O)OC)C1c1cccc([N+](=O)[O-])c1. The van der Waals surface area contributed by atoms with Crippen LogP contribution in [0.4, 0.5) is 5.69 Å². The maximum atomic E-state index is 12.7. The van der Waals surface area contributed by atoms with Crippen molar-refractivity contribution in [1.29, 1.82) is 0 Å². The number of nitrogens with zero attached hydrogens (tertiary/aromatic N) is 2. The third kappa shape index (κ3) is 4.77. The van der Waals surface area contributed by atoms with Gasteiger partial charge in [-0.15, -0.1) is 0 Å². The zero-order chi connectivity index (χ0) is 23.3. The predicted octanol–water partition coefficient (Wildman–Crippen LogP) is 3.32. The minimum absolute atomic E-state index is 0.156. The Bertz CT molecular complexity index is 1060. The molecule has 166 valence electrons. The molecular weight excluding hydrogens is 416 g/mol. The summed E-state index contributed by atoms with van der Waals surface area (Å²) in [5.74, 6) is -1.50. The quantitative estimate of drug-likeness (QED) is 0.368. The average molecular weight is 438 g/mol. The number of carbonyl (C=O) groups excluding carboxylic acids is 2. The largest absolute Gasteiger partial charge is 0.497 e. The van der Waals surface area contributed by atoms with Gasteiger partial charge in [0.2, 0.25) is 0 Å². The third-order valence-electron chi connectivity index (χ3n) is 5.01. The Kier molecular flexibility index (Phi) is 6.89. The highest BCUT2D eigenvalue weighted by atomic mass is 16.6. The second kappa shape index (κ2) is 9.78. The monoisotopic (exact) mass is 438 g/mol. The molecule has 0 aliphatic carbocycles. The van der Waals surface area contributed by atoms with Gasteiger partial charge in [-0.1, -0.05) is 24.3 Å². The van der Waals surface area contributed by atoms with Crippen LogP contribution in [-0.2, 0) is 25.6 Å². The van der Waals surface area contributed by atoms with Gasteiger partial charge >= 0.3 is 11.9 Å². The molecular formula is C23H22N2O7. The van der Waals surface area contributed by atoms with Crippen molar-refractivity contribution < 1.29 is 28.7 Å². The van der Waals surface area contributed by atoms with E-state index in [2.05, 4.69) is 0 Å². The van der Waals surface area contributed by atoms with Gasteiger partial charge in [0.05, 0.1) is 43.3 Å². The van der Waals surface area contributed by atoms with Crippen LogP contribution >= 0.6 is 0 Å². The molecule has 1 aliphatic rings. The number of hydrogen-bond donors (Lipinski definition) is 0. The van der Waals surface area contributed by atoms with Gasteiger partial charge in [0.1, 0.15) is 5.75 Å². The molecule has 0 atom stereocenters. The highest BCUT2D eigenvalue weighted by Crippen LogP contribution is 2.38. The lowest BCUT2D eigenvalue weighted by Gasteiger charge is -2.30. The molecule has 1 aliphatic heterocycles. The second-order valence-electron chi connectivity index (χ2n) is 6.96. The molecule has 9 heteroatoms. The van der Waals surface area contributed by atoms with E-state index in [1.54, 1.807) is 42.6 Å². The maximum Gasteiger partial charge on any atom is 0.336 e. The lowest BCUT2D eigenvalue weighted by Crippen LogP contribution is -2.28. The fourth-order valence-electron chi connectivity index (χ4n) is 3.50. The van der Waals surface area contributed by atoms with Crippen molar-refractivity contribution in [3.8, 4) is 5.75 Å². The molecule has 0 bridgehead atoms. The molecule has 2 aromatic rings. The van der Waals surface area contributed by atoms with Crippen LogP contribution in [0.3, 0.4) is 0 Å². The van der Waals surface area contributed by atoms with Gasteiger partial charge in [-0.3, -0.25) is 10.1 Å². The number of esters is 2. The first-order valence-electron chi connectivity index (χ1n) is 9.61. The van der Waals surface area contributed by atoms with Crippen LogP contribution in [0.5, 0.6) is 5.75 Å². The zero-order valence-electron chi connectivity index (χ0n) is 17.8. The van der Waals surface area contributed by atoms with Crippen LogP contribution in [0.25, 0.3) is 0 Å². The Hall–Kier alpha value is -4.14. The van der Waals surface area contributed by atoms with Gasteiger partial charge in [-0.05, 0) is 23.3 Å². The van der Waals surface area contributed by atoms with Crippen molar-refractivity contribution in [1.82, 2.24) is 4.90 Å². The highest BCUT2D eigenvalue weighted by molar-refractivity contribution is 5.98. The number of benzene rings is 2. The summed E-state index contributed by atoms with van der Waals surface area (Å²) in [4.78, 5) is 37.7. The molecule has 0 N–H and O–H groups in total. The molecule has 0 spiro atoms. The van der Waals surface area contributed by atoms with Crippen LogP contribution in [0.15, 0.2) is 72.1 Å². The van der Waals surface area contributed by atoms with E-state index in [0.717, 1.165) is 5.56 Å². The Morgan fingerprint density at radius 3 is 2.06 bits per heavy atom. The number of methoxy groups -OCH3 is 3. The summed E-state index contributed by atoms with van der Waals surface area (Å²) in [6.07, 6.45) is 3.15. The Morgan fingerprint density at radius 1 is 0.969 bits per heavy atom. The van der Waals surface area contributed by atoms with E-state index in [1.807, 2.05) is 12.1 Å². The molecule has 0 fully saturated rings. The number of rotatable bonds is 7. The topological polar surface area (TPSA) is 108 Å². The lowest BCUT2D eigenvalue weighted by molar-refractivity contribution is -0.384. The lowest BCUT2D eigenvalue weighted by atomic mass is 9.83. The van der Waals surface area contributed by atoms with Crippen LogP contribution < -0.4 is 4.74 Å². The Labute approximate surface area is 184 Å². The number of nitro benzene ring substituents is 1. The normalized spacial score (nSPS) is 13.7. The van der Waals surface area contributed by atoms with E-state index >= 15 is 0 Å². The van der Waals surface area contributed by atoms with Crippen LogP contribution in [0, 0.1) is 10.1 Å². The fourth-order valence-corrected chi connectivity index (χ4v) is 3.50. The summed E-state index contributed by atoms with van der Waals surface area (Å²) in [5, 5.41) is 11.3. The van der Waals surface area contributed by atoms with Gasteiger partial charge < -0.3 is 19.1 Å². The van der Waals surface area contributed by atoms with Gasteiger partial charge in [-0.2, -0.15) is 0 Å². The molecule has 0 unspecified atom stereocenters. The summed E-state index contributed by atoms with van der Waals surface area (Å²) >= 11 is 0. The number of nitro groups is 1. The molecule has 9 nitrogen and oxygen atoms in total. The van der Waals surface area contributed by atoms with Crippen LogP contribution in [0.2, 0.25) is 0 Å². The van der Waals surface area contributed by atoms with E-state index in [9.17, 15) is 19.7 Å². The van der Waals surface area contributed by atoms with Gasteiger partial charge in [-0.25, -0.2) is 9.59 Å². The second-order valence-corrected chi connectivity index (χ2v) is 6.96. The number of non-ortho nitro benzene ring substituents is 1. The third-order valence-corrected chi connectivity index (χ3v) is 5.01. The molecule has 32 heavy (non-hydrogen) atoms. The maximum absolute atomic E-state index is 12.7. The summed E-state index contributed by atoms with van der Waals surface area (Å²) in [5.41, 5.74) is 1.46. The minimum atomic E-state index is -0.887. The van der Waals surface area contributed by atoms with Crippen LogP contribution in [0.1, 0.15) is 17.0 Å². The first-order valence-corrected chi connectivity index (χ1v) is 9.61. The molecule has 3 rings (SSSR count). The average Bonchev–Trinajstić information content (AvgIpc) is 2.83. The van der Waals surface area contributed by atoms with Crippen molar-refractivity contribution >= 4 is 17.6 Å². The Morgan fingerprint density at radius 2 is 1.56 bits per heavy atom. The fraction of sp³-hybridized carbons (Fsp3) is 0.217. The highest BCUT2D eigenvalue weighted by Gasteiger charge is 2.35. The van der Waals surface area contributed by atoms with E-state index in [-0.39, 0.29) is 16.8 Å². The zero-order valence-corrected chi connectivity index (χ0v) is 17.8. The van der Waals surface area contributed by atoms with Crippen molar-refractivity contribution in [2.45, 2.75) is 12.5 Å². The number of carbonyl (C=O) groups is 2. The summed E-state index contributed by atoms with van der Waals surface area (Å²) in [6.45, 7) is 0.354. The first-order chi connectivity index (χ1) is 15.4. The first kappa shape index (κ1) is 22.5. The molecule has 0 aromatic heterocycles.